The summed E-state index contributed by atoms with van der Waals surface area (Å²) in [5.74, 6) is -3.18. The summed E-state index contributed by atoms with van der Waals surface area (Å²) in [5, 5.41) is 38.9. The molecule has 124 valence electrons. The van der Waals surface area contributed by atoms with E-state index in [1.165, 1.54) is 12.1 Å². The van der Waals surface area contributed by atoms with Gasteiger partial charge in [0.2, 0.25) is 0 Å². The number of carbonyl (C=O) groups excluding carboxylic acids is 2. The number of hydrogen-bond donors (Lipinski definition) is 2. The summed E-state index contributed by atoms with van der Waals surface area (Å²) in [7, 11) is 0. The molecule has 0 saturated carbocycles. The summed E-state index contributed by atoms with van der Waals surface area (Å²) in [6, 6.07) is 8.92. The molecular weight excluding hydrogens is 577 g/mol. The van der Waals surface area contributed by atoms with Gasteiger partial charge in [-0.05, 0) is 69.4 Å². The molecule has 0 aliphatic carbocycles. The van der Waals surface area contributed by atoms with Crippen LogP contribution in [0.15, 0.2) is 36.4 Å². The van der Waals surface area contributed by atoms with E-state index in [4.69, 9.17) is 10.2 Å². The van der Waals surface area contributed by atoms with Crippen LogP contribution in [0.1, 0.15) is 20.7 Å². The van der Waals surface area contributed by atoms with Gasteiger partial charge in [0.15, 0.2) is 0 Å². The fraction of sp³-hybridized carbons (Fsp3) is 0. The Morgan fingerprint density at radius 1 is 0.783 bits per heavy atom. The smallest absolute Gasteiger partial charge is 0.545 e. The van der Waals surface area contributed by atoms with E-state index in [2.05, 4.69) is 0 Å². The quantitative estimate of drug-likeness (QED) is 0.397. The number of carboxylic acids is 2. The molecular formula is C14H8I2NiO6. The molecule has 6 nitrogen and oxygen atoms in total. The zero-order valence-corrected chi connectivity index (χ0v) is 16.4. The molecule has 2 aromatic rings. The first-order chi connectivity index (χ1) is 10.3. The van der Waals surface area contributed by atoms with Gasteiger partial charge in [0, 0.05) is 11.1 Å². The molecule has 0 fully saturated rings. The van der Waals surface area contributed by atoms with Crippen LogP contribution in [0.3, 0.4) is 0 Å². The first kappa shape index (κ1) is 21.9. The molecule has 9 heteroatoms. The van der Waals surface area contributed by atoms with Crippen LogP contribution in [0.25, 0.3) is 0 Å². The third-order valence-electron chi connectivity index (χ3n) is 2.41. The predicted octanol–water partition coefficient (Wildman–Crippen LogP) is 0.718. The van der Waals surface area contributed by atoms with Crippen LogP contribution in [0.2, 0.25) is 0 Å². The van der Waals surface area contributed by atoms with Crippen molar-refractivity contribution in [2.75, 3.05) is 0 Å². The Bertz CT molecular complexity index is 659. The second-order valence-corrected chi connectivity index (χ2v) is 6.17. The van der Waals surface area contributed by atoms with Crippen molar-refractivity contribution in [3.8, 4) is 11.5 Å². The summed E-state index contributed by atoms with van der Waals surface area (Å²) in [6.07, 6.45) is 0. The van der Waals surface area contributed by atoms with Gasteiger partial charge in [-0.1, -0.05) is 12.1 Å². The molecule has 0 bridgehead atoms. The van der Waals surface area contributed by atoms with Crippen molar-refractivity contribution in [2.45, 2.75) is 0 Å². The van der Waals surface area contributed by atoms with Crippen LogP contribution in [0, 0.1) is 7.14 Å². The van der Waals surface area contributed by atoms with Crippen LogP contribution in [-0.4, -0.2) is 22.2 Å². The average molecular weight is 585 g/mol. The van der Waals surface area contributed by atoms with Crippen LogP contribution >= 0.6 is 45.2 Å². The van der Waals surface area contributed by atoms with Gasteiger partial charge in [-0.15, -0.1) is 0 Å². The Labute approximate surface area is 168 Å². The second kappa shape index (κ2) is 9.94. The van der Waals surface area contributed by atoms with Crippen LogP contribution < -0.4 is 10.2 Å². The molecule has 0 aliphatic heterocycles. The number of carboxylic acid groups (broad SMARTS) is 2. The van der Waals surface area contributed by atoms with E-state index in [1.807, 2.05) is 45.2 Å². The first-order valence-corrected chi connectivity index (χ1v) is 7.79. The molecule has 2 rings (SSSR count). The van der Waals surface area contributed by atoms with Crippen LogP contribution in [-0.2, 0) is 16.5 Å². The van der Waals surface area contributed by atoms with Gasteiger partial charge in [0.05, 0.1) is 19.1 Å². The molecule has 0 aromatic heterocycles. The van der Waals surface area contributed by atoms with Crippen molar-refractivity contribution in [1.29, 1.82) is 0 Å². The standard InChI is InChI=1S/2C7H5IO3.Ni/c2*8-5-3-1-2-4(6(5)9)7(10)11;/h2*1-3,9H,(H,10,11);/q;;+2/p-2. The minimum absolute atomic E-state index is 0. The molecule has 0 spiro atoms. The Morgan fingerprint density at radius 2 is 1.09 bits per heavy atom. The van der Waals surface area contributed by atoms with Gasteiger partial charge in [-0.2, -0.15) is 0 Å². The van der Waals surface area contributed by atoms with E-state index < -0.39 is 11.9 Å². The topological polar surface area (TPSA) is 121 Å². The largest absolute Gasteiger partial charge is 2.00 e. The second-order valence-electron chi connectivity index (χ2n) is 3.85. The van der Waals surface area contributed by atoms with E-state index in [0.717, 1.165) is 0 Å². The average Bonchev–Trinajstić information content (AvgIpc) is 2.45. The molecule has 2 N–H and O–H groups in total. The molecule has 0 atom stereocenters. The van der Waals surface area contributed by atoms with Crippen LogP contribution in [0.4, 0.5) is 0 Å². The third-order valence-corrected chi connectivity index (χ3v) is 4.15. The van der Waals surface area contributed by atoms with Crippen LogP contribution in [0.5, 0.6) is 11.5 Å². The Balaban J connectivity index is 0.000000403. The number of halogens is 2. The molecule has 0 aliphatic rings. The summed E-state index contributed by atoms with van der Waals surface area (Å²) in [4.78, 5) is 20.6. The van der Waals surface area contributed by atoms with Crippen molar-refractivity contribution in [3.63, 3.8) is 0 Å². The van der Waals surface area contributed by atoms with Gasteiger partial charge >= 0.3 is 16.5 Å². The zero-order chi connectivity index (χ0) is 16.9. The Morgan fingerprint density at radius 3 is 1.30 bits per heavy atom. The Kier molecular flexibility index (Phi) is 9.48. The summed E-state index contributed by atoms with van der Waals surface area (Å²) >= 11 is 3.68. The van der Waals surface area contributed by atoms with E-state index in [0.29, 0.717) is 7.14 Å². The number of rotatable bonds is 2. The van der Waals surface area contributed by atoms with Crippen molar-refractivity contribution in [2.24, 2.45) is 0 Å². The van der Waals surface area contributed by atoms with E-state index >= 15 is 0 Å². The van der Waals surface area contributed by atoms with Crippen molar-refractivity contribution in [1.82, 2.24) is 0 Å². The maximum absolute atomic E-state index is 10.3. The van der Waals surface area contributed by atoms with Crippen molar-refractivity contribution in [3.05, 3.63) is 54.7 Å². The fourth-order valence-corrected chi connectivity index (χ4v) is 2.36. The first-order valence-electron chi connectivity index (χ1n) is 5.63. The SMILES string of the molecule is O=C([O-])c1cccc(I)c1O.O=C([O-])c1cccc(I)c1O.[Ni+2]. The summed E-state index contributed by atoms with van der Waals surface area (Å²) in [6.45, 7) is 0. The molecule has 2 aromatic carbocycles. The van der Waals surface area contributed by atoms with Crippen molar-refractivity contribution >= 4 is 57.1 Å². The fourth-order valence-electron chi connectivity index (χ4n) is 1.36. The van der Waals surface area contributed by atoms with Gasteiger partial charge in [0.25, 0.3) is 0 Å². The maximum Gasteiger partial charge on any atom is 2.00 e. The summed E-state index contributed by atoms with van der Waals surface area (Å²) in [5.41, 5.74) is -0.339. The van der Waals surface area contributed by atoms with E-state index in [9.17, 15) is 19.8 Å². The molecule has 0 unspecified atom stereocenters. The van der Waals surface area contributed by atoms with E-state index in [-0.39, 0.29) is 39.1 Å². The molecule has 0 saturated heterocycles. The molecule has 0 amide bonds. The van der Waals surface area contributed by atoms with Gasteiger partial charge in [-0.25, -0.2) is 0 Å². The van der Waals surface area contributed by atoms with Gasteiger partial charge in [0.1, 0.15) is 11.5 Å². The van der Waals surface area contributed by atoms with Gasteiger partial charge in [-0.3, -0.25) is 0 Å². The number of phenols is 2. The molecule has 23 heavy (non-hydrogen) atoms. The number of aromatic carboxylic acids is 2. The molecule has 0 heterocycles. The number of carbonyl (C=O) groups is 2. The van der Waals surface area contributed by atoms with E-state index in [1.54, 1.807) is 24.3 Å². The predicted molar refractivity (Wildman–Crippen MR) is 90.3 cm³/mol. The monoisotopic (exact) mass is 584 g/mol. The number of aromatic hydroxyl groups is 2. The summed E-state index contributed by atoms with van der Waals surface area (Å²) < 4.78 is 1.01. The number of hydrogen-bond acceptors (Lipinski definition) is 6. The molecule has 0 radical (unpaired) electrons. The number of benzene rings is 2. The zero-order valence-electron chi connectivity index (χ0n) is 11.1. The minimum atomic E-state index is -1.36. The normalized spacial score (nSPS) is 9.13. The van der Waals surface area contributed by atoms with Crippen molar-refractivity contribution < 1.29 is 46.5 Å². The number of para-hydroxylation sites is 2. The third kappa shape index (κ3) is 6.15. The maximum atomic E-state index is 10.3. The minimum Gasteiger partial charge on any atom is -0.545 e. The van der Waals surface area contributed by atoms with Gasteiger partial charge < -0.3 is 30.0 Å². The Hall–Kier alpha value is -1.07.